The van der Waals surface area contributed by atoms with Crippen molar-refractivity contribution in [2.24, 2.45) is 5.14 Å². The van der Waals surface area contributed by atoms with Gasteiger partial charge in [-0.3, -0.25) is 5.14 Å². The van der Waals surface area contributed by atoms with E-state index in [1.54, 1.807) is 39.8 Å². The van der Waals surface area contributed by atoms with E-state index in [1.165, 1.54) is 6.07 Å². The summed E-state index contributed by atoms with van der Waals surface area (Å²) in [5.74, 6) is -1.06. The molecule has 11 heteroatoms. The van der Waals surface area contributed by atoms with Gasteiger partial charge in [0.05, 0.1) is 26.7 Å². The third-order valence-corrected chi connectivity index (χ3v) is 10.2. The Kier molecular flexibility index (Phi) is 8.09. The second kappa shape index (κ2) is 10.8. The summed E-state index contributed by atoms with van der Waals surface area (Å²) >= 11 is 6.11. The molecule has 2 N–H and O–H groups in total. The van der Waals surface area contributed by atoms with Crippen molar-refractivity contribution in [3.8, 4) is 11.3 Å². The summed E-state index contributed by atoms with van der Waals surface area (Å²) in [4.78, 5) is 4.24. The van der Waals surface area contributed by atoms with Crippen molar-refractivity contribution in [3.05, 3.63) is 76.7 Å². The quantitative estimate of drug-likeness (QED) is 0.261. The summed E-state index contributed by atoms with van der Waals surface area (Å²) in [6, 6.07) is 15.0. The molecule has 38 heavy (non-hydrogen) atoms. The Morgan fingerprint density at radius 2 is 1.84 bits per heavy atom. The van der Waals surface area contributed by atoms with E-state index < -0.39 is 42.6 Å². The Hall–Kier alpha value is -2.66. The monoisotopic (exact) mass is 577 g/mol. The molecule has 0 aliphatic rings. The highest BCUT2D eigenvalue weighted by Crippen LogP contribution is 2.39. The molecule has 7 nitrogen and oxygen atoms in total. The van der Waals surface area contributed by atoms with Gasteiger partial charge in [-0.05, 0) is 76.3 Å². The highest BCUT2D eigenvalue weighted by atomic mass is 35.5. The van der Waals surface area contributed by atoms with Gasteiger partial charge in [-0.15, -0.1) is 0 Å². The van der Waals surface area contributed by atoms with Crippen molar-refractivity contribution >= 4 is 43.4 Å². The van der Waals surface area contributed by atoms with E-state index in [9.17, 15) is 12.6 Å². The number of fused-ring (bicyclic) bond motifs is 1. The lowest BCUT2D eigenvalue weighted by atomic mass is 9.83. The van der Waals surface area contributed by atoms with Crippen LogP contribution in [0, 0.1) is 5.82 Å². The molecular weight excluding hydrogens is 549 g/mol. The van der Waals surface area contributed by atoms with Crippen LogP contribution in [0.2, 0.25) is 5.02 Å². The first-order valence-electron chi connectivity index (χ1n) is 12.0. The molecule has 0 radical (unpaired) electrons. The number of aromatic nitrogens is 2. The van der Waals surface area contributed by atoms with E-state index in [4.69, 9.17) is 21.3 Å². The number of benzene rings is 2. The van der Waals surface area contributed by atoms with Crippen LogP contribution in [0.25, 0.3) is 22.2 Å². The lowest BCUT2D eigenvalue weighted by molar-refractivity contribution is 0.459. The van der Waals surface area contributed by atoms with Gasteiger partial charge in [-0.2, -0.15) is 0 Å². The van der Waals surface area contributed by atoms with Crippen molar-refractivity contribution in [2.75, 3.05) is 0 Å². The third-order valence-electron chi connectivity index (χ3n) is 6.62. The van der Waals surface area contributed by atoms with Crippen LogP contribution in [-0.4, -0.2) is 32.8 Å². The molecule has 2 atom stereocenters. The average Bonchev–Trinajstić information content (AvgIpc) is 3.27. The molecule has 0 spiro atoms. The van der Waals surface area contributed by atoms with Crippen molar-refractivity contribution < 1.29 is 21.5 Å². The Balaban J connectivity index is 1.86. The minimum atomic E-state index is -3.72. The van der Waals surface area contributed by atoms with Gasteiger partial charge in [0.1, 0.15) is 11.5 Å². The number of nitrogens with two attached hydrogens (primary N) is 1. The molecule has 1 unspecified atom stereocenters. The third kappa shape index (κ3) is 5.68. The maximum absolute atomic E-state index is 15.1. The maximum atomic E-state index is 15.1. The molecule has 0 bridgehead atoms. The predicted octanol–water partition coefficient (Wildman–Crippen LogP) is 5.98. The summed E-state index contributed by atoms with van der Waals surface area (Å²) in [6.07, 6.45) is 0.351. The SMILES string of the molecule is CC(C)S(=O)(=O)c1ccc(F)c(C[C@@H](CC(C)(C)S(N)=O)c2ccccc2-c2noc3cc(Cl)ccc23)n1. The minimum absolute atomic E-state index is 0.00178. The Morgan fingerprint density at radius 1 is 1.13 bits per heavy atom. The number of rotatable bonds is 9. The molecule has 0 fully saturated rings. The Morgan fingerprint density at radius 3 is 2.53 bits per heavy atom. The predicted molar refractivity (Wildman–Crippen MR) is 148 cm³/mol. The van der Waals surface area contributed by atoms with Gasteiger partial charge in [0.15, 0.2) is 20.4 Å². The molecule has 0 aliphatic carbocycles. The lowest BCUT2D eigenvalue weighted by Crippen LogP contribution is -2.34. The zero-order valence-electron chi connectivity index (χ0n) is 21.4. The van der Waals surface area contributed by atoms with Crippen LogP contribution in [0.3, 0.4) is 0 Å². The summed E-state index contributed by atoms with van der Waals surface area (Å²) in [5, 5.41) is 10.5. The smallest absolute Gasteiger partial charge is 0.197 e. The van der Waals surface area contributed by atoms with Crippen LogP contribution in [0.4, 0.5) is 4.39 Å². The van der Waals surface area contributed by atoms with Crippen LogP contribution in [-0.2, 0) is 27.2 Å². The Bertz CT molecular complexity index is 1620. The average molecular weight is 578 g/mol. The van der Waals surface area contributed by atoms with Gasteiger partial charge < -0.3 is 4.52 Å². The topological polar surface area (TPSA) is 116 Å². The first-order chi connectivity index (χ1) is 17.8. The van der Waals surface area contributed by atoms with E-state index in [0.29, 0.717) is 22.7 Å². The summed E-state index contributed by atoms with van der Waals surface area (Å²) < 4.78 is 57.7. The number of pyridine rings is 1. The molecule has 2 aromatic carbocycles. The van der Waals surface area contributed by atoms with Crippen molar-refractivity contribution in [2.45, 2.75) is 61.5 Å². The summed E-state index contributed by atoms with van der Waals surface area (Å²) in [5.41, 5.74) is 2.62. The number of hydrogen-bond donors (Lipinski definition) is 1. The van der Waals surface area contributed by atoms with E-state index in [2.05, 4.69) is 10.1 Å². The minimum Gasteiger partial charge on any atom is -0.356 e. The molecule has 0 amide bonds. The zero-order valence-corrected chi connectivity index (χ0v) is 23.8. The molecule has 4 aromatic rings. The molecule has 2 heterocycles. The van der Waals surface area contributed by atoms with E-state index >= 15 is 4.39 Å². The number of nitrogens with zero attached hydrogens (tertiary/aromatic N) is 2. The second-order valence-corrected chi connectivity index (χ2v) is 14.7. The van der Waals surface area contributed by atoms with Crippen LogP contribution in [0.1, 0.15) is 51.3 Å². The number of hydrogen-bond acceptors (Lipinski definition) is 6. The first-order valence-corrected chi connectivity index (χ1v) is 15.1. The summed E-state index contributed by atoms with van der Waals surface area (Å²) in [6.45, 7) is 6.65. The fourth-order valence-corrected chi connectivity index (χ4v) is 5.89. The van der Waals surface area contributed by atoms with Gasteiger partial charge in [0, 0.05) is 22.0 Å². The molecule has 2 aromatic heterocycles. The fourth-order valence-electron chi connectivity index (χ4n) is 4.38. The van der Waals surface area contributed by atoms with Gasteiger partial charge in [-0.1, -0.05) is 41.0 Å². The van der Waals surface area contributed by atoms with E-state index in [-0.39, 0.29) is 17.1 Å². The van der Waals surface area contributed by atoms with Gasteiger partial charge >= 0.3 is 0 Å². The molecular formula is C27H29ClFN3O4S2. The molecule has 202 valence electrons. The van der Waals surface area contributed by atoms with E-state index in [0.717, 1.165) is 22.6 Å². The molecule has 0 saturated heterocycles. The van der Waals surface area contributed by atoms with Gasteiger partial charge in [0.2, 0.25) is 0 Å². The Labute approximate surface area is 229 Å². The van der Waals surface area contributed by atoms with Crippen molar-refractivity contribution in [1.29, 1.82) is 0 Å². The second-order valence-electron chi connectivity index (χ2n) is 10.1. The first kappa shape index (κ1) is 28.4. The van der Waals surface area contributed by atoms with Crippen LogP contribution in [0.5, 0.6) is 0 Å². The zero-order chi connectivity index (χ0) is 27.8. The van der Waals surface area contributed by atoms with Gasteiger partial charge in [-0.25, -0.2) is 22.0 Å². The number of sulfone groups is 1. The van der Waals surface area contributed by atoms with E-state index in [1.807, 2.05) is 30.3 Å². The molecule has 0 saturated carbocycles. The fraction of sp³-hybridized carbons (Fsp3) is 0.333. The van der Waals surface area contributed by atoms with Crippen molar-refractivity contribution in [3.63, 3.8) is 0 Å². The standard InChI is InChI=1S/C27H29ClFN3O4S2/c1-16(2)38(34,35)25-12-11-22(29)23(31-25)13-17(15-27(3,4)37(30)33)19-7-5-6-8-20(19)26-21-10-9-18(28)14-24(21)36-32-26/h5-12,14,16-17H,13,15,30H2,1-4H3/t17-,37?/m0/s1. The van der Waals surface area contributed by atoms with Crippen LogP contribution < -0.4 is 5.14 Å². The summed E-state index contributed by atoms with van der Waals surface area (Å²) in [7, 11) is -5.40. The number of halogens is 2. The lowest BCUT2D eigenvalue weighted by Gasteiger charge is -2.29. The maximum Gasteiger partial charge on any atom is 0.197 e. The normalized spacial score (nSPS) is 14.2. The highest BCUT2D eigenvalue weighted by Gasteiger charge is 2.32. The van der Waals surface area contributed by atoms with Crippen molar-refractivity contribution in [1.82, 2.24) is 10.1 Å². The van der Waals surface area contributed by atoms with Crippen LogP contribution >= 0.6 is 11.6 Å². The molecule has 4 rings (SSSR count). The molecule has 0 aliphatic heterocycles. The highest BCUT2D eigenvalue weighted by molar-refractivity contribution is 7.91. The largest absolute Gasteiger partial charge is 0.356 e. The van der Waals surface area contributed by atoms with Gasteiger partial charge in [0.25, 0.3) is 0 Å². The van der Waals surface area contributed by atoms with Crippen LogP contribution in [0.15, 0.2) is 64.1 Å².